The molecule has 2 heterocycles. The maximum atomic E-state index is 14.0. The number of aryl methyl sites for hydroxylation is 2. The minimum absolute atomic E-state index is 0.312. The van der Waals surface area contributed by atoms with Crippen molar-refractivity contribution in [2.75, 3.05) is 32.0 Å². The maximum Gasteiger partial charge on any atom is 0.255 e. The molecule has 0 spiro atoms. The van der Waals surface area contributed by atoms with Crippen molar-refractivity contribution in [3.05, 3.63) is 88.6 Å². The largest absolute Gasteiger partial charge is 0.497 e. The van der Waals surface area contributed by atoms with E-state index in [1.165, 1.54) is 5.56 Å². The molecule has 9 nitrogen and oxygen atoms in total. The topological polar surface area (TPSA) is 99.5 Å². The number of aromatic nitrogens is 3. The first-order chi connectivity index (χ1) is 18.8. The van der Waals surface area contributed by atoms with Crippen molar-refractivity contribution in [2.24, 2.45) is 0 Å². The van der Waals surface area contributed by atoms with E-state index in [4.69, 9.17) is 24.3 Å². The molecule has 1 aliphatic rings. The van der Waals surface area contributed by atoms with Crippen LogP contribution in [0.5, 0.6) is 17.2 Å². The fraction of sp³-hybridized carbons (Fsp3) is 0.233. The van der Waals surface area contributed by atoms with Crippen LogP contribution in [0.15, 0.2) is 71.9 Å². The molecular weight excluding hydrogens is 494 g/mol. The fourth-order valence-electron chi connectivity index (χ4n) is 4.73. The average Bonchev–Trinajstić information content (AvgIpc) is 3.37. The lowest BCUT2D eigenvalue weighted by Gasteiger charge is -2.29. The molecule has 9 heteroatoms. The van der Waals surface area contributed by atoms with Gasteiger partial charge in [0.25, 0.3) is 5.91 Å². The third-order valence-electron chi connectivity index (χ3n) is 6.95. The summed E-state index contributed by atoms with van der Waals surface area (Å²) >= 11 is 0. The summed E-state index contributed by atoms with van der Waals surface area (Å²) in [6, 6.07) is 18.2. The van der Waals surface area contributed by atoms with Gasteiger partial charge in [0.15, 0.2) is 5.82 Å². The van der Waals surface area contributed by atoms with E-state index in [-0.39, 0.29) is 5.91 Å². The molecule has 0 bridgehead atoms. The number of allylic oxidation sites excluding steroid dienone is 1. The zero-order chi connectivity index (χ0) is 27.7. The Morgan fingerprint density at radius 1 is 0.897 bits per heavy atom. The van der Waals surface area contributed by atoms with Gasteiger partial charge in [0.1, 0.15) is 23.3 Å². The first kappa shape index (κ1) is 25.8. The maximum absolute atomic E-state index is 14.0. The Bertz CT molecular complexity index is 1590. The van der Waals surface area contributed by atoms with Crippen molar-refractivity contribution in [1.82, 2.24) is 14.8 Å². The van der Waals surface area contributed by atoms with E-state index in [0.717, 1.165) is 11.1 Å². The molecule has 0 aliphatic carbocycles. The van der Waals surface area contributed by atoms with Crippen LogP contribution in [0.4, 0.5) is 11.6 Å². The van der Waals surface area contributed by atoms with Crippen molar-refractivity contribution in [2.45, 2.75) is 26.8 Å². The molecule has 0 radical (unpaired) electrons. The summed E-state index contributed by atoms with van der Waals surface area (Å²) in [5.74, 6) is 2.53. The minimum Gasteiger partial charge on any atom is -0.497 e. The molecule has 1 aromatic heterocycles. The number of amides is 1. The molecule has 0 saturated carbocycles. The summed E-state index contributed by atoms with van der Waals surface area (Å²) < 4.78 is 18.5. The van der Waals surface area contributed by atoms with Crippen LogP contribution in [-0.4, -0.2) is 42.0 Å². The van der Waals surface area contributed by atoms with Gasteiger partial charge in [-0.1, -0.05) is 24.3 Å². The van der Waals surface area contributed by atoms with Crippen molar-refractivity contribution >= 4 is 17.5 Å². The molecule has 3 aromatic carbocycles. The zero-order valence-corrected chi connectivity index (χ0v) is 22.8. The summed E-state index contributed by atoms with van der Waals surface area (Å²) in [7, 11) is 4.76. The molecule has 1 amide bonds. The van der Waals surface area contributed by atoms with Gasteiger partial charge < -0.3 is 24.8 Å². The van der Waals surface area contributed by atoms with Crippen LogP contribution in [-0.2, 0) is 4.79 Å². The Labute approximate surface area is 227 Å². The number of nitrogens with one attached hydrogen (secondary N) is 2. The number of para-hydroxylation sites is 2. The first-order valence-electron chi connectivity index (χ1n) is 12.5. The van der Waals surface area contributed by atoms with Crippen molar-refractivity contribution in [3.63, 3.8) is 0 Å². The average molecular weight is 526 g/mol. The van der Waals surface area contributed by atoms with Gasteiger partial charge >= 0.3 is 0 Å². The van der Waals surface area contributed by atoms with E-state index in [9.17, 15) is 4.79 Å². The second-order valence-corrected chi connectivity index (χ2v) is 9.33. The highest BCUT2D eigenvalue weighted by atomic mass is 16.5. The van der Waals surface area contributed by atoms with Crippen LogP contribution in [0.25, 0.3) is 11.4 Å². The predicted molar refractivity (Wildman–Crippen MR) is 151 cm³/mol. The molecular formula is C30H31N5O4. The smallest absolute Gasteiger partial charge is 0.255 e. The third kappa shape index (κ3) is 4.79. The number of anilines is 2. The van der Waals surface area contributed by atoms with E-state index in [1.807, 2.05) is 43.3 Å². The molecule has 39 heavy (non-hydrogen) atoms. The summed E-state index contributed by atoms with van der Waals surface area (Å²) in [5, 5.41) is 11.2. The van der Waals surface area contributed by atoms with Gasteiger partial charge in [0, 0.05) is 16.8 Å². The minimum atomic E-state index is -0.659. The van der Waals surface area contributed by atoms with Gasteiger partial charge in [0.05, 0.1) is 32.6 Å². The second-order valence-electron chi connectivity index (χ2n) is 9.33. The Hall–Kier alpha value is -4.79. The summed E-state index contributed by atoms with van der Waals surface area (Å²) in [4.78, 5) is 18.8. The Kier molecular flexibility index (Phi) is 6.98. The predicted octanol–water partition coefficient (Wildman–Crippen LogP) is 5.52. The zero-order valence-electron chi connectivity index (χ0n) is 22.8. The quantitative estimate of drug-likeness (QED) is 0.328. The number of nitrogens with zero attached hydrogens (tertiary/aromatic N) is 3. The lowest BCUT2D eigenvalue weighted by molar-refractivity contribution is -0.113. The highest BCUT2D eigenvalue weighted by Crippen LogP contribution is 2.42. The van der Waals surface area contributed by atoms with Gasteiger partial charge in [-0.15, -0.1) is 5.10 Å². The standard InChI is InChI=1S/C30H31N5O4/c1-17-11-12-20(15-18(17)2)28-33-30-31-19(3)26(29(36)32-23-9-7-8-10-25(23)39-6)27(35(30)34-28)22-16-21(37-4)13-14-24(22)38-5/h7-16,27H,1-6H3,(H,32,36)(H,31,33,34). The van der Waals surface area contributed by atoms with E-state index in [0.29, 0.717) is 51.5 Å². The normalized spacial score (nSPS) is 14.4. The van der Waals surface area contributed by atoms with Gasteiger partial charge in [-0.3, -0.25) is 4.79 Å². The van der Waals surface area contributed by atoms with Gasteiger partial charge in [-0.25, -0.2) is 4.68 Å². The summed E-state index contributed by atoms with van der Waals surface area (Å²) in [5.41, 5.74) is 5.58. The molecule has 5 rings (SSSR count). The highest BCUT2D eigenvalue weighted by Gasteiger charge is 2.36. The second kappa shape index (κ2) is 10.5. The number of benzene rings is 3. The van der Waals surface area contributed by atoms with Crippen molar-refractivity contribution < 1.29 is 19.0 Å². The van der Waals surface area contributed by atoms with E-state index >= 15 is 0 Å². The van der Waals surface area contributed by atoms with E-state index in [1.54, 1.807) is 38.1 Å². The monoisotopic (exact) mass is 525 g/mol. The molecule has 0 fully saturated rings. The van der Waals surface area contributed by atoms with Crippen molar-refractivity contribution in [3.8, 4) is 28.6 Å². The molecule has 1 aliphatic heterocycles. The van der Waals surface area contributed by atoms with Crippen LogP contribution in [0, 0.1) is 13.8 Å². The van der Waals surface area contributed by atoms with Crippen LogP contribution in [0.2, 0.25) is 0 Å². The number of ether oxygens (including phenoxy) is 3. The van der Waals surface area contributed by atoms with Crippen LogP contribution in [0.1, 0.15) is 29.7 Å². The van der Waals surface area contributed by atoms with Crippen molar-refractivity contribution in [1.29, 1.82) is 0 Å². The summed E-state index contributed by atoms with van der Waals surface area (Å²) in [6.07, 6.45) is 0. The van der Waals surface area contributed by atoms with Crippen LogP contribution >= 0.6 is 0 Å². The number of rotatable bonds is 7. The number of carbonyl (C=O) groups is 1. The Balaban J connectivity index is 1.67. The SMILES string of the molecule is COc1ccc(OC)c(C2C(C(=O)Nc3ccccc3OC)=C(C)Nc3nc(-c4ccc(C)c(C)c4)nn32)c1. The van der Waals surface area contributed by atoms with Gasteiger partial charge in [-0.05, 0) is 68.3 Å². The lowest BCUT2D eigenvalue weighted by Crippen LogP contribution is -2.31. The van der Waals surface area contributed by atoms with Crippen LogP contribution < -0.4 is 24.8 Å². The molecule has 4 aromatic rings. The number of carbonyl (C=O) groups excluding carboxylic acids is 1. The number of fused-ring (bicyclic) bond motifs is 1. The summed E-state index contributed by atoms with van der Waals surface area (Å²) in [6.45, 7) is 5.98. The molecule has 1 unspecified atom stereocenters. The first-order valence-corrected chi connectivity index (χ1v) is 12.5. The van der Waals surface area contributed by atoms with Gasteiger partial charge in [-0.2, -0.15) is 4.98 Å². The Morgan fingerprint density at radius 2 is 1.67 bits per heavy atom. The van der Waals surface area contributed by atoms with E-state index < -0.39 is 6.04 Å². The third-order valence-corrected chi connectivity index (χ3v) is 6.95. The Morgan fingerprint density at radius 3 is 2.38 bits per heavy atom. The number of methoxy groups -OCH3 is 3. The molecule has 200 valence electrons. The molecule has 2 N–H and O–H groups in total. The van der Waals surface area contributed by atoms with E-state index in [2.05, 4.69) is 36.6 Å². The number of hydrogen-bond acceptors (Lipinski definition) is 7. The lowest BCUT2D eigenvalue weighted by atomic mass is 9.94. The molecule has 1 atom stereocenters. The number of hydrogen-bond donors (Lipinski definition) is 2. The molecule has 0 saturated heterocycles. The van der Waals surface area contributed by atoms with Crippen LogP contribution in [0.3, 0.4) is 0 Å². The fourth-order valence-corrected chi connectivity index (χ4v) is 4.73. The van der Waals surface area contributed by atoms with Gasteiger partial charge in [0.2, 0.25) is 5.95 Å². The highest BCUT2D eigenvalue weighted by molar-refractivity contribution is 6.06.